The fraction of sp³-hybridized carbons (Fsp3) is 0.333. The highest BCUT2D eigenvalue weighted by Crippen LogP contribution is 2.26. The van der Waals surface area contributed by atoms with Gasteiger partial charge in [0.25, 0.3) is 5.89 Å². The molecule has 1 saturated heterocycles. The Bertz CT molecular complexity index is 1300. The van der Waals surface area contributed by atoms with Crippen LogP contribution in [-0.4, -0.2) is 62.8 Å². The lowest BCUT2D eigenvalue weighted by molar-refractivity contribution is 0.116. The first-order valence-electron chi connectivity index (χ1n) is 11.4. The number of nitrogens with zero attached hydrogens (tertiary/aromatic N) is 7. The van der Waals surface area contributed by atoms with Gasteiger partial charge >= 0.3 is 6.43 Å². The van der Waals surface area contributed by atoms with Gasteiger partial charge in [0.1, 0.15) is 11.5 Å². The van der Waals surface area contributed by atoms with Gasteiger partial charge in [-0.3, -0.25) is 0 Å². The van der Waals surface area contributed by atoms with E-state index in [2.05, 4.69) is 49.4 Å². The Labute approximate surface area is 200 Å². The molecule has 11 heteroatoms. The zero-order valence-electron chi connectivity index (χ0n) is 19.1. The van der Waals surface area contributed by atoms with Gasteiger partial charge in [-0.15, -0.1) is 15.3 Å². The summed E-state index contributed by atoms with van der Waals surface area (Å²) in [6, 6.07) is 12.4. The molecule has 1 aliphatic rings. The molecule has 4 aromatic rings. The van der Waals surface area contributed by atoms with Crippen LogP contribution in [0.3, 0.4) is 0 Å². The highest BCUT2D eigenvalue weighted by Gasteiger charge is 2.19. The number of alkyl halides is 2. The molecule has 0 amide bonds. The van der Waals surface area contributed by atoms with E-state index in [1.165, 1.54) is 12.1 Å². The minimum atomic E-state index is -2.88. The van der Waals surface area contributed by atoms with Crippen LogP contribution in [0, 0.1) is 5.82 Å². The van der Waals surface area contributed by atoms with Crippen molar-refractivity contribution in [1.29, 1.82) is 0 Å². The molecule has 0 unspecified atom stereocenters. The van der Waals surface area contributed by atoms with Crippen molar-refractivity contribution in [3.63, 3.8) is 0 Å². The second kappa shape index (κ2) is 9.87. The predicted octanol–water partition coefficient (Wildman–Crippen LogP) is 4.26. The van der Waals surface area contributed by atoms with Crippen LogP contribution in [0.1, 0.15) is 24.8 Å². The monoisotopic (exact) mass is 483 g/mol. The molecule has 1 fully saturated rings. The fourth-order valence-electron chi connectivity index (χ4n) is 4.11. The average Bonchev–Trinajstić information content (AvgIpc) is 3.56. The van der Waals surface area contributed by atoms with Crippen molar-refractivity contribution < 1.29 is 17.6 Å². The summed E-state index contributed by atoms with van der Waals surface area (Å²) in [5.74, 6) is -1.50. The molecule has 0 bridgehead atoms. The molecule has 1 aliphatic heterocycles. The summed E-state index contributed by atoms with van der Waals surface area (Å²) >= 11 is 0. The van der Waals surface area contributed by atoms with Crippen LogP contribution in [0.5, 0.6) is 0 Å². The van der Waals surface area contributed by atoms with Gasteiger partial charge in [0, 0.05) is 48.6 Å². The molecule has 2 aromatic carbocycles. The first kappa shape index (κ1) is 23.0. The number of halogens is 3. The van der Waals surface area contributed by atoms with Crippen LogP contribution in [0.2, 0.25) is 0 Å². The Hall–Kier alpha value is -3.73. The van der Waals surface area contributed by atoms with Gasteiger partial charge < -0.3 is 14.2 Å². The van der Waals surface area contributed by atoms with E-state index in [9.17, 15) is 13.2 Å². The van der Waals surface area contributed by atoms with Gasteiger partial charge in [-0.2, -0.15) is 8.78 Å². The van der Waals surface area contributed by atoms with Crippen LogP contribution in [0.15, 0.2) is 53.1 Å². The second-order valence-electron chi connectivity index (χ2n) is 8.33. The normalized spacial score (nSPS) is 14.7. The third-order valence-corrected chi connectivity index (χ3v) is 6.12. The molecular weight excluding hydrogens is 459 g/mol. The maximum absolute atomic E-state index is 14.7. The zero-order chi connectivity index (χ0) is 24.4. The number of anilines is 1. The summed E-state index contributed by atoms with van der Waals surface area (Å²) in [5, 5.41) is 15.2. The van der Waals surface area contributed by atoms with Crippen LogP contribution in [-0.2, 0) is 6.54 Å². The zero-order valence-corrected chi connectivity index (χ0v) is 19.1. The Morgan fingerprint density at radius 3 is 2.51 bits per heavy atom. The van der Waals surface area contributed by atoms with Gasteiger partial charge in [-0.1, -0.05) is 30.3 Å². The molecule has 0 saturated carbocycles. The van der Waals surface area contributed by atoms with Crippen molar-refractivity contribution in [1.82, 2.24) is 30.1 Å². The van der Waals surface area contributed by atoms with E-state index in [-0.39, 0.29) is 18.0 Å². The molecule has 0 spiro atoms. The molecule has 2 aromatic heterocycles. The van der Waals surface area contributed by atoms with Crippen molar-refractivity contribution >= 4 is 5.69 Å². The van der Waals surface area contributed by atoms with Crippen molar-refractivity contribution in [2.75, 3.05) is 37.6 Å². The van der Waals surface area contributed by atoms with Crippen LogP contribution >= 0.6 is 0 Å². The summed E-state index contributed by atoms with van der Waals surface area (Å²) in [6.07, 6.45) is -1.11. The lowest BCUT2D eigenvalue weighted by Crippen LogP contribution is -2.46. The summed E-state index contributed by atoms with van der Waals surface area (Å²) < 4.78 is 46.5. The molecule has 182 valence electrons. The third-order valence-electron chi connectivity index (χ3n) is 6.12. The summed E-state index contributed by atoms with van der Waals surface area (Å²) in [4.78, 5) is 4.80. The average molecular weight is 483 g/mol. The van der Waals surface area contributed by atoms with E-state index in [0.717, 1.165) is 44.0 Å². The number of hydrogen-bond donors (Lipinski definition) is 0. The molecule has 0 radical (unpaired) electrons. The topological polar surface area (TPSA) is 76.1 Å². The van der Waals surface area contributed by atoms with E-state index in [4.69, 9.17) is 4.42 Å². The van der Waals surface area contributed by atoms with Crippen molar-refractivity contribution in [2.45, 2.75) is 19.9 Å². The number of benzene rings is 2. The van der Waals surface area contributed by atoms with Gasteiger partial charge in [-0.05, 0) is 30.8 Å². The lowest BCUT2D eigenvalue weighted by Gasteiger charge is -2.35. The van der Waals surface area contributed by atoms with E-state index in [1.807, 2.05) is 12.1 Å². The number of aromatic nitrogens is 5. The highest BCUT2D eigenvalue weighted by molar-refractivity contribution is 5.65. The van der Waals surface area contributed by atoms with Crippen molar-refractivity contribution in [2.24, 2.45) is 0 Å². The van der Waals surface area contributed by atoms with E-state index in [1.54, 1.807) is 16.9 Å². The van der Waals surface area contributed by atoms with E-state index in [0.29, 0.717) is 11.3 Å². The van der Waals surface area contributed by atoms with Crippen LogP contribution in [0.25, 0.3) is 22.7 Å². The molecule has 35 heavy (non-hydrogen) atoms. The summed E-state index contributed by atoms with van der Waals surface area (Å²) in [5.41, 5.74) is 3.36. The molecule has 0 N–H and O–H groups in total. The van der Waals surface area contributed by atoms with Gasteiger partial charge in [0.05, 0.1) is 12.7 Å². The van der Waals surface area contributed by atoms with Crippen LogP contribution in [0.4, 0.5) is 18.9 Å². The Morgan fingerprint density at radius 2 is 1.80 bits per heavy atom. The number of rotatable bonds is 7. The maximum atomic E-state index is 14.7. The van der Waals surface area contributed by atoms with Gasteiger partial charge in [-0.25, -0.2) is 9.07 Å². The largest absolute Gasteiger partial charge is 0.415 e. The molecule has 8 nitrogen and oxygen atoms in total. The first-order chi connectivity index (χ1) is 17.0. The molecule has 0 atom stereocenters. The minimum absolute atomic E-state index is 0.157. The summed E-state index contributed by atoms with van der Waals surface area (Å²) in [7, 11) is 0. The maximum Gasteiger partial charge on any atom is 0.314 e. The minimum Gasteiger partial charge on any atom is -0.415 e. The number of likely N-dealkylation sites (N-methyl/N-ethyl adjacent to an activating group) is 1. The fourth-order valence-corrected chi connectivity index (χ4v) is 4.11. The third kappa shape index (κ3) is 5.04. The van der Waals surface area contributed by atoms with Crippen LogP contribution < -0.4 is 4.90 Å². The quantitative estimate of drug-likeness (QED) is 0.389. The highest BCUT2D eigenvalue weighted by atomic mass is 19.3. The Balaban J connectivity index is 1.29. The smallest absolute Gasteiger partial charge is 0.314 e. The van der Waals surface area contributed by atoms with Crippen molar-refractivity contribution in [3.8, 4) is 22.7 Å². The predicted molar refractivity (Wildman–Crippen MR) is 124 cm³/mol. The van der Waals surface area contributed by atoms with Crippen molar-refractivity contribution in [3.05, 3.63) is 65.9 Å². The number of piperazine rings is 1. The number of hydrogen-bond acceptors (Lipinski definition) is 7. The second-order valence-corrected chi connectivity index (χ2v) is 8.33. The Kier molecular flexibility index (Phi) is 6.49. The standard InChI is InChI=1S/C24H24F3N7O/c1-2-32-8-10-33(11-9-32)19-5-3-4-16(12-19)21-15-34(31-28-21)14-18-7-6-17(13-20(18)25)23-29-30-24(35-23)22(26)27/h3-7,12-13,15,22H,2,8-11,14H2,1H3. The van der Waals surface area contributed by atoms with Gasteiger partial charge in [0.2, 0.25) is 5.89 Å². The summed E-state index contributed by atoms with van der Waals surface area (Å²) in [6.45, 7) is 7.45. The SMILES string of the molecule is CCN1CCN(c2cccc(-c3cn(Cc4ccc(-c5nnc(C(F)F)o5)cc4F)nn3)c2)CC1. The molecule has 0 aliphatic carbocycles. The molecular formula is C24H24F3N7O. The first-order valence-corrected chi connectivity index (χ1v) is 11.4. The molecule has 5 rings (SSSR count). The Morgan fingerprint density at radius 1 is 0.971 bits per heavy atom. The van der Waals surface area contributed by atoms with E-state index >= 15 is 0 Å². The van der Waals surface area contributed by atoms with Gasteiger partial charge in [0.15, 0.2) is 0 Å². The lowest BCUT2D eigenvalue weighted by atomic mass is 10.1. The van der Waals surface area contributed by atoms with E-state index < -0.39 is 18.1 Å². The molecule has 3 heterocycles.